The maximum absolute atomic E-state index is 12.4. The fraction of sp³-hybridized carbons (Fsp3) is 0.800. The van der Waals surface area contributed by atoms with Gasteiger partial charge in [-0.25, -0.2) is 0 Å². The van der Waals surface area contributed by atoms with Gasteiger partial charge in [-0.3, -0.25) is 9.69 Å². The van der Waals surface area contributed by atoms with Crippen molar-refractivity contribution in [2.24, 2.45) is 18.4 Å². The molecule has 2 rings (SSSR count). The summed E-state index contributed by atoms with van der Waals surface area (Å²) in [4.78, 5) is 14.7. The first-order valence-corrected chi connectivity index (χ1v) is 7.65. The molecule has 1 aromatic heterocycles. The van der Waals surface area contributed by atoms with Crippen LogP contribution < -0.4 is 0 Å². The number of aryl methyl sites for hydroxylation is 1. The molecule has 0 spiro atoms. The lowest BCUT2D eigenvalue weighted by atomic mass is 9.76. The molecule has 21 heavy (non-hydrogen) atoms. The van der Waals surface area contributed by atoms with E-state index >= 15 is 0 Å². The van der Waals surface area contributed by atoms with Gasteiger partial charge in [0.05, 0.1) is 18.6 Å². The normalized spacial score (nSPS) is 23.0. The van der Waals surface area contributed by atoms with Crippen LogP contribution in [-0.4, -0.2) is 45.3 Å². The molecule has 0 bridgehead atoms. The van der Waals surface area contributed by atoms with E-state index in [1.807, 2.05) is 25.5 Å². The Balaban J connectivity index is 2.10. The summed E-state index contributed by atoms with van der Waals surface area (Å²) >= 11 is 0. The molecule has 1 aromatic rings. The number of rotatable bonds is 5. The van der Waals surface area contributed by atoms with Gasteiger partial charge in [-0.15, -0.1) is 10.2 Å². The van der Waals surface area contributed by atoms with Crippen molar-refractivity contribution in [2.75, 3.05) is 19.7 Å². The van der Waals surface area contributed by atoms with Crippen molar-refractivity contribution >= 4 is 5.97 Å². The van der Waals surface area contributed by atoms with Crippen molar-refractivity contribution in [3.05, 3.63) is 11.6 Å². The highest BCUT2D eigenvalue weighted by Gasteiger charge is 2.48. The lowest BCUT2D eigenvalue weighted by molar-refractivity contribution is -0.157. The van der Waals surface area contributed by atoms with E-state index in [1.165, 1.54) is 0 Å². The van der Waals surface area contributed by atoms with Crippen molar-refractivity contribution in [1.82, 2.24) is 19.7 Å². The average Bonchev–Trinajstić information content (AvgIpc) is 2.99. The Bertz CT molecular complexity index is 512. The van der Waals surface area contributed by atoms with Crippen LogP contribution in [0.4, 0.5) is 0 Å². The van der Waals surface area contributed by atoms with Crippen LogP contribution in [0.3, 0.4) is 0 Å². The molecular formula is C15H26N4O2. The number of carbonyl (C=O) groups is 1. The number of ether oxygens (including phenoxy) is 1. The van der Waals surface area contributed by atoms with Crippen LogP contribution >= 0.6 is 0 Å². The first kappa shape index (κ1) is 15.9. The van der Waals surface area contributed by atoms with Crippen LogP contribution in [0.15, 0.2) is 0 Å². The molecule has 0 saturated carbocycles. The summed E-state index contributed by atoms with van der Waals surface area (Å²) in [7, 11) is 1.97. The Morgan fingerprint density at radius 3 is 2.67 bits per heavy atom. The molecule has 1 atom stereocenters. The number of hydrogen-bond donors (Lipinski definition) is 0. The molecule has 0 amide bonds. The SMILES string of the molecule is CCOC(=O)[C@]1(C(C)C)CCN(Cc2nnc(C)n2C)C1. The van der Waals surface area contributed by atoms with Gasteiger partial charge in [-0.05, 0) is 32.7 Å². The zero-order valence-electron chi connectivity index (χ0n) is 13.7. The van der Waals surface area contributed by atoms with Crippen molar-refractivity contribution < 1.29 is 9.53 Å². The van der Waals surface area contributed by atoms with Gasteiger partial charge in [0.25, 0.3) is 0 Å². The van der Waals surface area contributed by atoms with Crippen LogP contribution in [0.5, 0.6) is 0 Å². The molecule has 0 aromatic carbocycles. The molecule has 1 aliphatic heterocycles. The second kappa shape index (κ2) is 6.13. The number of carbonyl (C=O) groups excluding carboxylic acids is 1. The smallest absolute Gasteiger partial charge is 0.313 e. The summed E-state index contributed by atoms with van der Waals surface area (Å²) in [6, 6.07) is 0. The van der Waals surface area contributed by atoms with E-state index in [2.05, 4.69) is 28.9 Å². The topological polar surface area (TPSA) is 60.2 Å². The molecule has 2 heterocycles. The number of likely N-dealkylation sites (tertiary alicyclic amines) is 1. The monoisotopic (exact) mass is 294 g/mol. The molecule has 6 nitrogen and oxygen atoms in total. The number of hydrogen-bond acceptors (Lipinski definition) is 5. The van der Waals surface area contributed by atoms with Crippen LogP contribution in [-0.2, 0) is 23.1 Å². The minimum Gasteiger partial charge on any atom is -0.466 e. The van der Waals surface area contributed by atoms with E-state index < -0.39 is 0 Å². The third-order valence-electron chi connectivity index (χ3n) is 4.71. The van der Waals surface area contributed by atoms with Crippen LogP contribution in [0.25, 0.3) is 0 Å². The highest BCUT2D eigenvalue weighted by Crippen LogP contribution is 2.39. The fourth-order valence-electron chi connectivity index (χ4n) is 2.99. The minimum atomic E-state index is -0.385. The van der Waals surface area contributed by atoms with E-state index in [0.29, 0.717) is 6.61 Å². The molecule has 118 valence electrons. The second-order valence-electron chi connectivity index (χ2n) is 6.21. The van der Waals surface area contributed by atoms with E-state index in [9.17, 15) is 4.79 Å². The third kappa shape index (κ3) is 2.95. The van der Waals surface area contributed by atoms with E-state index in [4.69, 9.17) is 4.74 Å². The van der Waals surface area contributed by atoms with E-state index in [1.54, 1.807) is 0 Å². The molecular weight excluding hydrogens is 268 g/mol. The zero-order valence-corrected chi connectivity index (χ0v) is 13.7. The Morgan fingerprint density at radius 1 is 1.43 bits per heavy atom. The van der Waals surface area contributed by atoms with Gasteiger partial charge in [0.15, 0.2) is 0 Å². The molecule has 1 saturated heterocycles. The highest BCUT2D eigenvalue weighted by molar-refractivity contribution is 5.78. The van der Waals surface area contributed by atoms with Gasteiger partial charge in [0.1, 0.15) is 11.6 Å². The minimum absolute atomic E-state index is 0.0587. The molecule has 1 aliphatic rings. The summed E-state index contributed by atoms with van der Waals surface area (Å²) in [5.74, 6) is 2.06. The first-order chi connectivity index (χ1) is 9.90. The Morgan fingerprint density at radius 2 is 2.14 bits per heavy atom. The molecule has 6 heteroatoms. The second-order valence-corrected chi connectivity index (χ2v) is 6.21. The molecule has 0 N–H and O–H groups in total. The lowest BCUT2D eigenvalue weighted by Gasteiger charge is -2.31. The average molecular weight is 294 g/mol. The first-order valence-electron chi connectivity index (χ1n) is 7.65. The van der Waals surface area contributed by atoms with Gasteiger partial charge in [-0.1, -0.05) is 13.8 Å². The molecule has 0 aliphatic carbocycles. The molecule has 0 unspecified atom stereocenters. The van der Waals surface area contributed by atoms with Crippen molar-refractivity contribution in [2.45, 2.75) is 40.7 Å². The standard InChI is InChI=1S/C15H26N4O2/c1-6-21-14(20)15(11(2)3)7-8-19(10-15)9-13-17-16-12(4)18(13)5/h11H,6-10H2,1-5H3/t15-/m1/s1. The van der Waals surface area contributed by atoms with Crippen LogP contribution in [0, 0.1) is 18.3 Å². The lowest BCUT2D eigenvalue weighted by Crippen LogP contribution is -2.40. The quantitative estimate of drug-likeness (QED) is 0.771. The van der Waals surface area contributed by atoms with Crippen LogP contribution in [0.1, 0.15) is 38.8 Å². The maximum Gasteiger partial charge on any atom is 0.313 e. The van der Waals surface area contributed by atoms with E-state index in [-0.39, 0.29) is 17.3 Å². The summed E-state index contributed by atoms with van der Waals surface area (Å²) in [5, 5.41) is 8.30. The summed E-state index contributed by atoms with van der Waals surface area (Å²) in [6.45, 7) is 10.8. The van der Waals surface area contributed by atoms with E-state index in [0.717, 1.165) is 37.7 Å². The predicted molar refractivity (Wildman–Crippen MR) is 79.5 cm³/mol. The largest absolute Gasteiger partial charge is 0.466 e. The molecule has 0 radical (unpaired) electrons. The summed E-state index contributed by atoms with van der Waals surface area (Å²) in [5.41, 5.74) is -0.385. The summed E-state index contributed by atoms with van der Waals surface area (Å²) < 4.78 is 7.32. The predicted octanol–water partition coefficient (Wildman–Crippen LogP) is 1.53. The molecule has 1 fully saturated rings. The Labute approximate surface area is 126 Å². The van der Waals surface area contributed by atoms with Gasteiger partial charge in [-0.2, -0.15) is 0 Å². The van der Waals surface area contributed by atoms with Gasteiger partial charge < -0.3 is 9.30 Å². The number of nitrogens with zero attached hydrogens (tertiary/aromatic N) is 4. The number of aromatic nitrogens is 3. The Kier molecular flexibility index (Phi) is 4.66. The van der Waals surface area contributed by atoms with Crippen molar-refractivity contribution in [3.8, 4) is 0 Å². The van der Waals surface area contributed by atoms with Crippen molar-refractivity contribution in [3.63, 3.8) is 0 Å². The third-order valence-corrected chi connectivity index (χ3v) is 4.71. The van der Waals surface area contributed by atoms with Gasteiger partial charge in [0.2, 0.25) is 0 Å². The zero-order chi connectivity index (χ0) is 15.6. The summed E-state index contributed by atoms with van der Waals surface area (Å²) in [6.07, 6.45) is 0.848. The Hall–Kier alpha value is -1.43. The van der Waals surface area contributed by atoms with Gasteiger partial charge >= 0.3 is 5.97 Å². The van der Waals surface area contributed by atoms with Gasteiger partial charge in [0, 0.05) is 13.6 Å². The maximum atomic E-state index is 12.4. The van der Waals surface area contributed by atoms with Crippen LogP contribution in [0.2, 0.25) is 0 Å². The fourth-order valence-corrected chi connectivity index (χ4v) is 2.99. The van der Waals surface area contributed by atoms with Crippen molar-refractivity contribution in [1.29, 1.82) is 0 Å². The number of esters is 1. The highest BCUT2D eigenvalue weighted by atomic mass is 16.5.